The standard InChI is InChI=1S/C22H15Cl2FN4OS/c23-14-5-11-17(12-6-14)29-21(18-3-1-2-4-19(18)24)27-28-22(29)31-13-20(30)26-16-9-7-15(25)8-10-16/h1-12H,13H2,(H,26,30). The predicted molar refractivity (Wildman–Crippen MR) is 123 cm³/mol. The number of carbonyl (C=O) groups is 1. The van der Waals surface area contributed by atoms with E-state index in [0.717, 1.165) is 5.69 Å². The molecule has 4 aromatic rings. The maximum absolute atomic E-state index is 13.0. The van der Waals surface area contributed by atoms with Gasteiger partial charge >= 0.3 is 0 Å². The van der Waals surface area contributed by atoms with Crippen molar-refractivity contribution < 1.29 is 9.18 Å². The zero-order valence-electron chi connectivity index (χ0n) is 15.9. The summed E-state index contributed by atoms with van der Waals surface area (Å²) in [6.45, 7) is 0. The van der Waals surface area contributed by atoms with Gasteiger partial charge in [-0.2, -0.15) is 0 Å². The molecule has 0 fully saturated rings. The number of anilines is 1. The molecule has 0 aliphatic carbocycles. The normalized spacial score (nSPS) is 10.8. The molecule has 0 unspecified atom stereocenters. The molecule has 1 aromatic heterocycles. The average Bonchev–Trinajstić information content (AvgIpc) is 3.18. The van der Waals surface area contributed by atoms with Crippen molar-refractivity contribution in [2.45, 2.75) is 5.16 Å². The Balaban J connectivity index is 1.61. The lowest BCUT2D eigenvalue weighted by atomic mass is 10.2. The van der Waals surface area contributed by atoms with E-state index in [1.165, 1.54) is 36.0 Å². The summed E-state index contributed by atoms with van der Waals surface area (Å²) in [5, 5.41) is 13.0. The Hall–Kier alpha value is -2.87. The van der Waals surface area contributed by atoms with Crippen molar-refractivity contribution in [3.63, 3.8) is 0 Å². The van der Waals surface area contributed by atoms with Gasteiger partial charge < -0.3 is 5.32 Å². The number of hydrogen-bond acceptors (Lipinski definition) is 4. The van der Waals surface area contributed by atoms with E-state index in [1.807, 2.05) is 34.9 Å². The van der Waals surface area contributed by atoms with Crippen LogP contribution < -0.4 is 5.32 Å². The zero-order chi connectivity index (χ0) is 21.8. The van der Waals surface area contributed by atoms with E-state index in [1.54, 1.807) is 18.2 Å². The molecule has 1 heterocycles. The number of amides is 1. The number of nitrogens with one attached hydrogen (secondary N) is 1. The number of halogens is 3. The topological polar surface area (TPSA) is 59.8 Å². The monoisotopic (exact) mass is 472 g/mol. The molecule has 31 heavy (non-hydrogen) atoms. The van der Waals surface area contributed by atoms with Crippen molar-refractivity contribution in [1.82, 2.24) is 14.8 Å². The van der Waals surface area contributed by atoms with Crippen LogP contribution in [0.1, 0.15) is 0 Å². The van der Waals surface area contributed by atoms with Crippen LogP contribution in [0.3, 0.4) is 0 Å². The Morgan fingerprint density at radius 3 is 2.39 bits per heavy atom. The van der Waals surface area contributed by atoms with Gasteiger partial charge in [0, 0.05) is 22.0 Å². The van der Waals surface area contributed by atoms with Crippen molar-refractivity contribution in [2.24, 2.45) is 0 Å². The highest BCUT2D eigenvalue weighted by molar-refractivity contribution is 7.99. The molecule has 0 aliphatic heterocycles. The summed E-state index contributed by atoms with van der Waals surface area (Å²) in [5.41, 5.74) is 2.02. The fourth-order valence-corrected chi connectivity index (χ4v) is 3.96. The lowest BCUT2D eigenvalue weighted by molar-refractivity contribution is -0.113. The van der Waals surface area contributed by atoms with Gasteiger partial charge in [-0.1, -0.05) is 47.1 Å². The maximum atomic E-state index is 13.0. The van der Waals surface area contributed by atoms with Crippen LogP contribution in [0.2, 0.25) is 10.0 Å². The second kappa shape index (κ2) is 9.51. The van der Waals surface area contributed by atoms with Gasteiger partial charge in [-0.3, -0.25) is 9.36 Å². The first kappa shape index (κ1) is 21.4. The van der Waals surface area contributed by atoms with Gasteiger partial charge in [0.1, 0.15) is 5.82 Å². The van der Waals surface area contributed by atoms with Crippen LogP contribution in [0.5, 0.6) is 0 Å². The molecular weight excluding hydrogens is 458 g/mol. The molecule has 0 radical (unpaired) electrons. The lowest BCUT2D eigenvalue weighted by Crippen LogP contribution is -2.14. The Morgan fingerprint density at radius 2 is 1.68 bits per heavy atom. The molecule has 1 N–H and O–H groups in total. The third-order valence-corrected chi connectivity index (χ3v) is 5.80. The Kier molecular flexibility index (Phi) is 6.56. The molecule has 0 saturated heterocycles. The summed E-state index contributed by atoms with van der Waals surface area (Å²) in [4.78, 5) is 12.4. The van der Waals surface area contributed by atoms with Gasteiger partial charge in [0.15, 0.2) is 11.0 Å². The van der Waals surface area contributed by atoms with Gasteiger partial charge in [0.2, 0.25) is 5.91 Å². The molecule has 9 heteroatoms. The van der Waals surface area contributed by atoms with Crippen molar-refractivity contribution in [1.29, 1.82) is 0 Å². The van der Waals surface area contributed by atoms with E-state index < -0.39 is 0 Å². The fraction of sp³-hybridized carbons (Fsp3) is 0.0455. The minimum atomic E-state index is -0.365. The summed E-state index contributed by atoms with van der Waals surface area (Å²) < 4.78 is 14.9. The molecule has 3 aromatic carbocycles. The first-order chi connectivity index (χ1) is 15.0. The number of hydrogen-bond donors (Lipinski definition) is 1. The molecule has 156 valence electrons. The number of carbonyl (C=O) groups excluding carboxylic acids is 1. The van der Waals surface area contributed by atoms with E-state index in [4.69, 9.17) is 23.2 Å². The summed E-state index contributed by atoms with van der Waals surface area (Å²) in [6.07, 6.45) is 0. The number of nitrogens with zero attached hydrogens (tertiary/aromatic N) is 3. The third-order valence-electron chi connectivity index (χ3n) is 4.29. The van der Waals surface area contributed by atoms with Crippen LogP contribution in [0.25, 0.3) is 17.1 Å². The van der Waals surface area contributed by atoms with Crippen LogP contribution >= 0.6 is 35.0 Å². The number of rotatable bonds is 6. The molecular formula is C22H15Cl2FN4OS. The van der Waals surface area contributed by atoms with Gasteiger partial charge in [0.05, 0.1) is 10.8 Å². The summed E-state index contributed by atoms with van der Waals surface area (Å²) in [5.74, 6) is 0.0255. The minimum Gasteiger partial charge on any atom is -0.325 e. The summed E-state index contributed by atoms with van der Waals surface area (Å²) in [7, 11) is 0. The van der Waals surface area contributed by atoms with Crippen molar-refractivity contribution >= 4 is 46.6 Å². The van der Waals surface area contributed by atoms with E-state index in [2.05, 4.69) is 15.5 Å². The highest BCUT2D eigenvalue weighted by Crippen LogP contribution is 2.32. The van der Waals surface area contributed by atoms with Gasteiger partial charge in [-0.05, 0) is 60.7 Å². The summed E-state index contributed by atoms with van der Waals surface area (Å²) >= 11 is 13.6. The maximum Gasteiger partial charge on any atom is 0.234 e. The fourth-order valence-electron chi connectivity index (χ4n) is 2.86. The second-order valence-electron chi connectivity index (χ2n) is 6.44. The minimum absolute atomic E-state index is 0.0889. The van der Waals surface area contributed by atoms with Gasteiger partial charge in [-0.15, -0.1) is 10.2 Å². The molecule has 0 aliphatic rings. The molecule has 0 bridgehead atoms. The Bertz CT molecular complexity index is 1210. The molecule has 0 saturated carbocycles. The number of benzene rings is 3. The first-order valence-corrected chi connectivity index (χ1v) is 10.9. The first-order valence-electron chi connectivity index (χ1n) is 9.16. The van der Waals surface area contributed by atoms with Crippen molar-refractivity contribution in [3.05, 3.63) is 88.7 Å². The molecule has 4 rings (SSSR count). The second-order valence-corrected chi connectivity index (χ2v) is 8.23. The lowest BCUT2D eigenvalue weighted by Gasteiger charge is -2.11. The molecule has 5 nitrogen and oxygen atoms in total. The predicted octanol–water partition coefficient (Wildman–Crippen LogP) is 6.11. The van der Waals surface area contributed by atoms with E-state index in [0.29, 0.717) is 32.3 Å². The highest BCUT2D eigenvalue weighted by Gasteiger charge is 2.19. The molecule has 1 amide bonds. The van der Waals surface area contributed by atoms with Crippen LogP contribution in [0, 0.1) is 5.82 Å². The quantitative estimate of drug-likeness (QED) is 0.343. The van der Waals surface area contributed by atoms with Crippen molar-refractivity contribution in [3.8, 4) is 17.1 Å². The SMILES string of the molecule is O=C(CSc1nnc(-c2ccccc2Cl)n1-c1ccc(Cl)cc1)Nc1ccc(F)cc1. The number of thioether (sulfide) groups is 1. The molecule has 0 spiro atoms. The van der Waals surface area contributed by atoms with Crippen LogP contribution in [0.15, 0.2) is 78.0 Å². The van der Waals surface area contributed by atoms with E-state index in [-0.39, 0.29) is 17.5 Å². The highest BCUT2D eigenvalue weighted by atomic mass is 35.5. The Morgan fingerprint density at radius 1 is 0.968 bits per heavy atom. The van der Waals surface area contributed by atoms with Gasteiger partial charge in [-0.25, -0.2) is 4.39 Å². The third kappa shape index (κ3) is 5.07. The number of aromatic nitrogens is 3. The van der Waals surface area contributed by atoms with Crippen LogP contribution in [-0.2, 0) is 4.79 Å². The van der Waals surface area contributed by atoms with Crippen molar-refractivity contribution in [2.75, 3.05) is 11.1 Å². The molecule has 0 atom stereocenters. The summed E-state index contributed by atoms with van der Waals surface area (Å²) in [6, 6.07) is 20.1. The smallest absolute Gasteiger partial charge is 0.234 e. The Labute approximate surface area is 192 Å². The largest absolute Gasteiger partial charge is 0.325 e. The van der Waals surface area contributed by atoms with E-state index >= 15 is 0 Å². The average molecular weight is 473 g/mol. The van der Waals surface area contributed by atoms with Crippen LogP contribution in [0.4, 0.5) is 10.1 Å². The van der Waals surface area contributed by atoms with Gasteiger partial charge in [0.25, 0.3) is 0 Å². The zero-order valence-corrected chi connectivity index (χ0v) is 18.3. The van der Waals surface area contributed by atoms with Crippen LogP contribution in [-0.4, -0.2) is 26.4 Å². The van der Waals surface area contributed by atoms with E-state index in [9.17, 15) is 9.18 Å².